The normalized spacial score (nSPS) is 17.8. The lowest BCUT2D eigenvalue weighted by molar-refractivity contribution is 0.624. The van der Waals surface area contributed by atoms with Crippen molar-refractivity contribution in [1.29, 1.82) is 0 Å². The van der Waals surface area contributed by atoms with Crippen molar-refractivity contribution in [2.75, 3.05) is 13.6 Å². The molecule has 0 bridgehead atoms. The maximum Gasteiger partial charge on any atom is 0.0443 e. The van der Waals surface area contributed by atoms with Crippen LogP contribution < -0.4 is 5.32 Å². The molecule has 0 unspecified atom stereocenters. The van der Waals surface area contributed by atoms with Gasteiger partial charge in [-0.1, -0.05) is 37.6 Å². The lowest BCUT2D eigenvalue weighted by Gasteiger charge is -2.17. The second-order valence-electron chi connectivity index (χ2n) is 5.20. The molecule has 0 aliphatic heterocycles. The van der Waals surface area contributed by atoms with Crippen molar-refractivity contribution in [1.82, 2.24) is 5.32 Å². The van der Waals surface area contributed by atoms with Crippen LogP contribution in [0.1, 0.15) is 43.7 Å². The molecule has 0 spiro atoms. The minimum atomic E-state index is 0.369. The summed E-state index contributed by atoms with van der Waals surface area (Å²) < 4.78 is 0. The highest BCUT2D eigenvalue weighted by Gasteiger charge is 2.43. The Bertz CT molecular complexity index is 380. The van der Waals surface area contributed by atoms with E-state index in [0.717, 1.165) is 11.6 Å². The SMILES string of the molecule is CNCC1(c2ccc(C(C)C)c(Cl)c2)CC1. The highest BCUT2D eigenvalue weighted by Crippen LogP contribution is 2.48. The molecule has 0 heterocycles. The van der Waals surface area contributed by atoms with E-state index < -0.39 is 0 Å². The first-order chi connectivity index (χ1) is 7.59. The molecular formula is C14H20ClN. The maximum absolute atomic E-state index is 6.34. The van der Waals surface area contributed by atoms with Crippen molar-refractivity contribution in [3.63, 3.8) is 0 Å². The molecule has 0 aromatic heterocycles. The molecule has 1 saturated carbocycles. The fourth-order valence-electron chi connectivity index (χ4n) is 2.38. The highest BCUT2D eigenvalue weighted by atomic mass is 35.5. The summed E-state index contributed by atoms with van der Waals surface area (Å²) in [6.45, 7) is 5.42. The van der Waals surface area contributed by atoms with E-state index in [1.54, 1.807) is 0 Å². The molecule has 2 rings (SSSR count). The van der Waals surface area contributed by atoms with E-state index in [1.165, 1.54) is 24.0 Å². The van der Waals surface area contributed by atoms with Crippen LogP contribution in [0.2, 0.25) is 5.02 Å². The summed E-state index contributed by atoms with van der Waals surface area (Å²) in [4.78, 5) is 0. The van der Waals surface area contributed by atoms with Crippen LogP contribution in [0, 0.1) is 0 Å². The van der Waals surface area contributed by atoms with Gasteiger partial charge >= 0.3 is 0 Å². The van der Waals surface area contributed by atoms with Gasteiger partial charge in [-0.15, -0.1) is 0 Å². The van der Waals surface area contributed by atoms with Gasteiger partial charge in [0.2, 0.25) is 0 Å². The minimum absolute atomic E-state index is 0.369. The summed E-state index contributed by atoms with van der Waals surface area (Å²) in [5.41, 5.74) is 3.02. The summed E-state index contributed by atoms with van der Waals surface area (Å²) >= 11 is 6.34. The fourth-order valence-corrected chi connectivity index (χ4v) is 2.78. The van der Waals surface area contributed by atoms with E-state index >= 15 is 0 Å². The topological polar surface area (TPSA) is 12.0 Å². The Morgan fingerprint density at radius 2 is 2.06 bits per heavy atom. The van der Waals surface area contributed by atoms with Gasteiger partial charge in [-0.3, -0.25) is 0 Å². The van der Waals surface area contributed by atoms with Crippen LogP contribution in [0.4, 0.5) is 0 Å². The molecule has 0 saturated heterocycles. The van der Waals surface area contributed by atoms with Crippen LogP contribution in [-0.2, 0) is 5.41 Å². The molecule has 1 aromatic carbocycles. The first kappa shape index (κ1) is 11.9. The van der Waals surface area contributed by atoms with E-state index in [2.05, 4.69) is 37.4 Å². The van der Waals surface area contributed by atoms with Gasteiger partial charge < -0.3 is 5.32 Å². The molecule has 1 aliphatic rings. The molecule has 0 atom stereocenters. The van der Waals surface area contributed by atoms with Gasteiger partial charge in [-0.2, -0.15) is 0 Å². The Hall–Kier alpha value is -0.530. The molecule has 1 aliphatic carbocycles. The van der Waals surface area contributed by atoms with Crippen LogP contribution in [0.15, 0.2) is 18.2 Å². The van der Waals surface area contributed by atoms with Crippen LogP contribution >= 0.6 is 11.6 Å². The Kier molecular flexibility index (Phi) is 3.27. The quantitative estimate of drug-likeness (QED) is 0.842. The van der Waals surface area contributed by atoms with Gasteiger partial charge in [0.25, 0.3) is 0 Å². The molecule has 1 nitrogen and oxygen atoms in total. The smallest absolute Gasteiger partial charge is 0.0443 e. The van der Waals surface area contributed by atoms with Crippen molar-refractivity contribution in [3.8, 4) is 0 Å². The summed E-state index contributed by atoms with van der Waals surface area (Å²) in [6.07, 6.45) is 2.57. The second-order valence-corrected chi connectivity index (χ2v) is 5.61. The third-order valence-corrected chi connectivity index (χ3v) is 3.93. The lowest BCUT2D eigenvalue weighted by atomic mass is 9.93. The van der Waals surface area contributed by atoms with Crippen LogP contribution in [0.25, 0.3) is 0 Å². The number of hydrogen-bond donors (Lipinski definition) is 1. The summed E-state index contributed by atoms with van der Waals surface area (Å²) in [6, 6.07) is 6.62. The Morgan fingerprint density at radius 3 is 2.50 bits per heavy atom. The predicted molar refractivity (Wildman–Crippen MR) is 70.4 cm³/mol. The van der Waals surface area contributed by atoms with Gasteiger partial charge in [0.05, 0.1) is 0 Å². The zero-order valence-corrected chi connectivity index (χ0v) is 11.1. The fraction of sp³-hybridized carbons (Fsp3) is 0.571. The van der Waals surface area contributed by atoms with Crippen LogP contribution in [-0.4, -0.2) is 13.6 Å². The van der Waals surface area contributed by atoms with Crippen molar-refractivity contribution >= 4 is 11.6 Å². The van der Waals surface area contributed by atoms with Crippen LogP contribution in [0.3, 0.4) is 0 Å². The zero-order chi connectivity index (χ0) is 11.8. The summed E-state index contributed by atoms with van der Waals surface area (Å²) in [5, 5.41) is 4.21. The molecule has 16 heavy (non-hydrogen) atoms. The number of rotatable bonds is 4. The molecule has 0 radical (unpaired) electrons. The maximum atomic E-state index is 6.34. The van der Waals surface area contributed by atoms with Crippen molar-refractivity contribution < 1.29 is 0 Å². The average Bonchev–Trinajstić information content (AvgIpc) is 2.99. The molecular weight excluding hydrogens is 218 g/mol. The Labute approximate surface area is 103 Å². The van der Waals surface area contributed by atoms with Gasteiger partial charge in [0, 0.05) is 17.0 Å². The van der Waals surface area contributed by atoms with E-state index in [1.807, 2.05) is 7.05 Å². The largest absolute Gasteiger partial charge is 0.319 e. The monoisotopic (exact) mass is 237 g/mol. The standard InChI is InChI=1S/C14H20ClN/c1-10(2)12-5-4-11(8-13(12)15)14(6-7-14)9-16-3/h4-5,8,10,16H,6-7,9H2,1-3H3. The first-order valence-electron chi connectivity index (χ1n) is 6.03. The van der Waals surface area contributed by atoms with E-state index in [-0.39, 0.29) is 0 Å². The third kappa shape index (κ3) is 2.11. The predicted octanol–water partition coefficient (Wildman–Crippen LogP) is 3.71. The van der Waals surface area contributed by atoms with Crippen LogP contribution in [0.5, 0.6) is 0 Å². The third-order valence-electron chi connectivity index (χ3n) is 3.60. The van der Waals surface area contributed by atoms with Crippen molar-refractivity contribution in [2.45, 2.75) is 38.0 Å². The number of nitrogens with one attached hydrogen (secondary N) is 1. The molecule has 1 N–H and O–H groups in total. The second kappa shape index (κ2) is 4.38. The number of likely N-dealkylation sites (N-methyl/N-ethyl adjacent to an activating group) is 1. The lowest BCUT2D eigenvalue weighted by Crippen LogP contribution is -2.23. The zero-order valence-electron chi connectivity index (χ0n) is 10.3. The molecule has 2 heteroatoms. The minimum Gasteiger partial charge on any atom is -0.319 e. The molecule has 88 valence electrons. The molecule has 0 amide bonds. The van der Waals surface area contributed by atoms with Gasteiger partial charge in [-0.25, -0.2) is 0 Å². The van der Waals surface area contributed by atoms with Crippen molar-refractivity contribution in [2.24, 2.45) is 0 Å². The molecule has 1 fully saturated rings. The number of halogens is 1. The van der Waals surface area contributed by atoms with Crippen molar-refractivity contribution in [3.05, 3.63) is 34.3 Å². The summed E-state index contributed by atoms with van der Waals surface area (Å²) in [7, 11) is 2.02. The molecule has 1 aromatic rings. The average molecular weight is 238 g/mol. The van der Waals surface area contributed by atoms with Gasteiger partial charge in [-0.05, 0) is 43.0 Å². The Morgan fingerprint density at radius 1 is 1.38 bits per heavy atom. The van der Waals surface area contributed by atoms with E-state index in [9.17, 15) is 0 Å². The van der Waals surface area contributed by atoms with Gasteiger partial charge in [0.15, 0.2) is 0 Å². The Balaban J connectivity index is 2.28. The number of benzene rings is 1. The highest BCUT2D eigenvalue weighted by molar-refractivity contribution is 6.31. The van der Waals surface area contributed by atoms with E-state index in [4.69, 9.17) is 11.6 Å². The van der Waals surface area contributed by atoms with E-state index in [0.29, 0.717) is 11.3 Å². The van der Waals surface area contributed by atoms with Gasteiger partial charge in [0.1, 0.15) is 0 Å². The number of hydrogen-bond acceptors (Lipinski definition) is 1. The first-order valence-corrected chi connectivity index (χ1v) is 6.41. The summed E-state index contributed by atoms with van der Waals surface area (Å²) in [5.74, 6) is 0.501.